The van der Waals surface area contributed by atoms with Crippen molar-refractivity contribution in [3.05, 3.63) is 106 Å². The van der Waals surface area contributed by atoms with Gasteiger partial charge in [-0.15, -0.1) is 35.9 Å². The van der Waals surface area contributed by atoms with Crippen molar-refractivity contribution in [2.24, 2.45) is 4.99 Å². The molecule has 3 heterocycles. The van der Waals surface area contributed by atoms with Crippen LogP contribution >= 0.6 is 11.3 Å². The predicted octanol–water partition coefficient (Wildman–Crippen LogP) is 6.43. The third-order valence-corrected chi connectivity index (χ3v) is 6.38. The van der Waals surface area contributed by atoms with Crippen molar-refractivity contribution in [3.8, 4) is 11.3 Å². The van der Waals surface area contributed by atoms with Crippen molar-refractivity contribution >= 4 is 38.8 Å². The number of thiophene rings is 1. The first-order chi connectivity index (χ1) is 20.3. The summed E-state index contributed by atoms with van der Waals surface area (Å²) in [6, 6.07) is 17.5. The van der Waals surface area contributed by atoms with Crippen molar-refractivity contribution < 1.29 is 33.8 Å². The maximum Gasteiger partial charge on any atom is 0.0618 e. The average Bonchev–Trinajstić information content (AvgIpc) is 3.34. The summed E-state index contributed by atoms with van der Waals surface area (Å²) in [5.74, 6) is 0. The molecule has 2 unspecified atom stereocenters. The van der Waals surface area contributed by atoms with Crippen LogP contribution < -0.4 is 9.75 Å². The number of pyridine rings is 1. The summed E-state index contributed by atoms with van der Waals surface area (Å²) in [5.41, 5.74) is 1.95. The topological polar surface area (TPSA) is 25.2 Å². The van der Waals surface area contributed by atoms with Crippen LogP contribution in [0.3, 0.4) is 0 Å². The molecule has 0 spiro atoms. The maximum atomic E-state index is 8.40. The van der Waals surface area contributed by atoms with E-state index in [1.807, 2.05) is 18.6 Å². The van der Waals surface area contributed by atoms with Gasteiger partial charge in [0.15, 0.2) is 0 Å². The number of aliphatic imine (C=N–C) groups is 1. The largest absolute Gasteiger partial charge is 0.325 e. The quantitative estimate of drug-likeness (QED) is 0.230. The zero-order valence-electron chi connectivity index (χ0n) is 27.9. The summed E-state index contributed by atoms with van der Waals surface area (Å²) in [4.78, 5) is 8.29. The molecule has 2 atom stereocenters. The van der Waals surface area contributed by atoms with Crippen LogP contribution in [-0.2, 0) is 20.1 Å². The Labute approximate surface area is 232 Å². The molecule has 0 fully saturated rings. The molecule has 1 aliphatic heterocycles. The van der Waals surface area contributed by atoms with Gasteiger partial charge in [-0.05, 0) is 42.8 Å². The van der Waals surface area contributed by atoms with Crippen molar-refractivity contribution in [3.63, 3.8) is 0 Å². The van der Waals surface area contributed by atoms with Gasteiger partial charge >= 0.3 is 0 Å². The first-order valence-corrected chi connectivity index (χ1v) is 11.2. The number of aromatic nitrogens is 1. The van der Waals surface area contributed by atoms with Crippen LogP contribution in [0.4, 0.5) is 0 Å². The number of hydrogen-bond acceptors (Lipinski definition) is 3. The van der Waals surface area contributed by atoms with Gasteiger partial charge in [0.05, 0.1) is 2.74 Å². The second-order valence-corrected chi connectivity index (χ2v) is 8.43. The molecule has 34 heavy (non-hydrogen) atoms. The number of aryl methyl sites for hydroxylation is 1. The van der Waals surface area contributed by atoms with E-state index in [4.69, 9.17) is 13.7 Å². The summed E-state index contributed by atoms with van der Waals surface area (Å²) in [5, 5.41) is 2.34. The number of allylic oxidation sites excluding steroid dienone is 1. The number of fused-ring (bicyclic) bond motifs is 3. The Morgan fingerprint density at radius 1 is 1.12 bits per heavy atom. The molecule has 173 valence electrons. The van der Waals surface area contributed by atoms with E-state index in [0.29, 0.717) is 11.3 Å². The third kappa shape index (κ3) is 5.31. The summed E-state index contributed by atoms with van der Waals surface area (Å²) in [6.45, 7) is -4.79. The van der Waals surface area contributed by atoms with E-state index in [9.17, 15) is 0 Å². The Morgan fingerprint density at radius 2 is 2.03 bits per heavy atom. The SMILES string of the molecule is [2H]C1C(C([2H])([2H])[2H])=CN=C(C2=c3sc4ccccc4c3=CC[CH-]2)C1[2H].[2H]c1c(C([2H])([2H])[2H])cnc(-c2[c-]cccc2)c1[2H].[Ir]. The van der Waals surface area contributed by atoms with Crippen LogP contribution in [0, 0.1) is 19.3 Å². The Morgan fingerprint density at radius 3 is 2.88 bits per heavy atom. The second kappa shape index (κ2) is 11.1. The van der Waals surface area contributed by atoms with E-state index >= 15 is 0 Å². The summed E-state index contributed by atoms with van der Waals surface area (Å²) < 4.78 is 78.8. The minimum Gasteiger partial charge on any atom is -0.325 e. The molecular formula is C30H26IrN2S-2. The van der Waals surface area contributed by atoms with E-state index in [1.165, 1.54) is 16.3 Å². The van der Waals surface area contributed by atoms with Gasteiger partial charge in [-0.2, -0.15) is 12.0 Å². The summed E-state index contributed by atoms with van der Waals surface area (Å²) >= 11 is 1.65. The minimum absolute atomic E-state index is 0. The van der Waals surface area contributed by atoms with Gasteiger partial charge in [-0.3, -0.25) is 0 Å². The van der Waals surface area contributed by atoms with Gasteiger partial charge in [0.25, 0.3) is 0 Å². The Bertz CT molecular complexity index is 1860. The summed E-state index contributed by atoms with van der Waals surface area (Å²) in [7, 11) is 0. The Balaban J connectivity index is 0.000000207. The molecule has 4 heteroatoms. The van der Waals surface area contributed by atoms with Crippen molar-refractivity contribution in [1.82, 2.24) is 4.98 Å². The van der Waals surface area contributed by atoms with Crippen molar-refractivity contribution in [2.45, 2.75) is 32.9 Å². The third-order valence-electron chi connectivity index (χ3n) is 5.16. The number of nitrogens with zero attached hydrogens (tertiary/aromatic N) is 2. The smallest absolute Gasteiger partial charge is 0.0618 e. The molecule has 6 rings (SSSR count). The van der Waals surface area contributed by atoms with Gasteiger partial charge in [0.1, 0.15) is 0 Å². The monoisotopic (exact) mass is 649 g/mol. The van der Waals surface area contributed by atoms with Gasteiger partial charge < -0.3 is 9.98 Å². The van der Waals surface area contributed by atoms with E-state index in [1.54, 1.807) is 35.6 Å². The Kier molecular flexibility index (Phi) is 4.76. The van der Waals surface area contributed by atoms with Crippen LogP contribution in [0.15, 0.2) is 83.6 Å². The minimum atomic E-state index is -2.42. The van der Waals surface area contributed by atoms with Gasteiger partial charge in [0, 0.05) is 48.2 Å². The molecule has 4 aromatic rings. The zero-order chi connectivity index (χ0) is 31.1. The standard InChI is InChI=1S/C18H16NS.C12H10N.Ir/c1-12-9-10-16(19-11-12)15-7-4-6-14-13-5-2-3-8-17(13)20-18(14)15;1-10-7-8-12(13-9-10)11-5-3-2-4-6-11;/h2-3,5-8,11H,4,9-10H2,1H3;2-5,7-9H,1H3;/q2*-1;/i1D3,9D,10D;1D3,7D,8D;. The molecule has 0 saturated carbocycles. The molecule has 2 aromatic carbocycles. The number of benzene rings is 2. The van der Waals surface area contributed by atoms with E-state index in [2.05, 4.69) is 34.3 Å². The molecule has 2 aliphatic rings. The first kappa shape index (κ1) is 14.6. The first-order valence-electron chi connectivity index (χ1n) is 15.6. The molecule has 2 nitrogen and oxygen atoms in total. The van der Waals surface area contributed by atoms with Crippen LogP contribution in [0.2, 0.25) is 0 Å². The molecule has 0 bridgehead atoms. The molecule has 0 amide bonds. The number of rotatable bonds is 2. The van der Waals surface area contributed by atoms with Gasteiger partial charge in [-0.25, -0.2) is 11.3 Å². The molecule has 2 aromatic heterocycles. The predicted molar refractivity (Wildman–Crippen MR) is 142 cm³/mol. The fraction of sp³-hybridized carbons (Fsp3) is 0.167. The van der Waals surface area contributed by atoms with E-state index in [-0.39, 0.29) is 49.0 Å². The normalized spacial score (nSPS) is 23.7. The number of hydrogen-bond donors (Lipinski definition) is 0. The molecule has 1 radical (unpaired) electrons. The van der Waals surface area contributed by atoms with Gasteiger partial charge in [0.2, 0.25) is 0 Å². The van der Waals surface area contributed by atoms with E-state index in [0.717, 1.165) is 27.9 Å². The molecule has 1 aliphatic carbocycles. The summed E-state index contributed by atoms with van der Waals surface area (Å²) in [6.07, 6.45) is 5.24. The molecule has 0 N–H and O–H groups in total. The second-order valence-electron chi connectivity index (χ2n) is 7.38. The average molecular weight is 649 g/mol. The van der Waals surface area contributed by atoms with Crippen LogP contribution in [0.25, 0.3) is 33.0 Å². The van der Waals surface area contributed by atoms with Crippen LogP contribution in [0.5, 0.6) is 0 Å². The zero-order valence-corrected chi connectivity index (χ0v) is 21.1. The van der Waals surface area contributed by atoms with Gasteiger partial charge in [-0.1, -0.05) is 70.2 Å². The maximum absolute atomic E-state index is 8.40. The van der Waals surface area contributed by atoms with E-state index < -0.39 is 26.5 Å². The fourth-order valence-corrected chi connectivity index (χ4v) is 4.88. The molecular weight excluding hydrogens is 613 g/mol. The van der Waals surface area contributed by atoms with Crippen molar-refractivity contribution in [2.75, 3.05) is 0 Å². The van der Waals surface area contributed by atoms with Crippen molar-refractivity contribution in [1.29, 1.82) is 0 Å². The Hall–Kier alpha value is -2.78. The fourth-order valence-electron chi connectivity index (χ4n) is 3.63. The van der Waals surface area contributed by atoms with Crippen LogP contribution in [0.1, 0.15) is 45.3 Å². The molecule has 0 saturated heterocycles. The van der Waals surface area contributed by atoms with Crippen LogP contribution in [-0.4, -0.2) is 10.7 Å².